The van der Waals surface area contributed by atoms with E-state index in [9.17, 15) is 4.79 Å². The molecule has 0 atom stereocenters. The Hall–Kier alpha value is -3.01. The molecule has 0 fully saturated rings. The number of hydrogen-bond acceptors (Lipinski definition) is 4. The van der Waals surface area contributed by atoms with E-state index in [4.69, 9.17) is 4.74 Å². The minimum atomic E-state index is -0.390. The molecule has 0 amide bonds. The van der Waals surface area contributed by atoms with Gasteiger partial charge in [0, 0.05) is 11.8 Å². The molecule has 0 N–H and O–H groups in total. The van der Waals surface area contributed by atoms with Gasteiger partial charge >= 0.3 is 5.97 Å². The van der Waals surface area contributed by atoms with Crippen LogP contribution in [0.3, 0.4) is 0 Å². The topological polar surface area (TPSA) is 52.1 Å². The third kappa shape index (κ3) is 4.29. The lowest BCUT2D eigenvalue weighted by atomic mass is 10.0. The highest BCUT2D eigenvalue weighted by molar-refractivity contribution is 5.88. The van der Waals surface area contributed by atoms with Crippen molar-refractivity contribution in [2.24, 2.45) is 0 Å². The fourth-order valence-corrected chi connectivity index (χ4v) is 2.70. The van der Waals surface area contributed by atoms with Crippen LogP contribution in [-0.2, 0) is 17.6 Å². The van der Waals surface area contributed by atoms with Crippen LogP contribution in [0.5, 0.6) is 0 Å². The molecule has 126 valence electrons. The standard InChI is InChI=1S/C21H20N2O2/c1-2-25-21(24)20-19(14-22-15-23-20)13-10-16-8-11-18(12-9-16)17-6-4-3-5-7-17/h3-9,11-12,14-15H,2,10,13H2,1H3. The number of aryl methyl sites for hydroxylation is 2. The second-order valence-electron chi connectivity index (χ2n) is 5.68. The van der Waals surface area contributed by atoms with Crippen molar-refractivity contribution < 1.29 is 9.53 Å². The molecule has 0 unspecified atom stereocenters. The minimum Gasteiger partial charge on any atom is -0.461 e. The van der Waals surface area contributed by atoms with E-state index >= 15 is 0 Å². The van der Waals surface area contributed by atoms with E-state index in [0.717, 1.165) is 12.0 Å². The summed E-state index contributed by atoms with van der Waals surface area (Å²) in [5.41, 5.74) is 4.78. The largest absolute Gasteiger partial charge is 0.461 e. The van der Waals surface area contributed by atoms with E-state index in [0.29, 0.717) is 18.7 Å². The minimum absolute atomic E-state index is 0.337. The summed E-state index contributed by atoms with van der Waals surface area (Å²) in [7, 11) is 0. The Morgan fingerprint density at radius 1 is 0.960 bits per heavy atom. The van der Waals surface area contributed by atoms with Gasteiger partial charge in [0.15, 0.2) is 5.69 Å². The van der Waals surface area contributed by atoms with E-state index in [1.807, 2.05) is 18.2 Å². The van der Waals surface area contributed by atoms with Gasteiger partial charge < -0.3 is 4.74 Å². The first-order chi connectivity index (χ1) is 12.3. The molecule has 2 aromatic carbocycles. The first-order valence-electron chi connectivity index (χ1n) is 8.38. The molecule has 0 aliphatic heterocycles. The number of benzene rings is 2. The van der Waals surface area contributed by atoms with Crippen molar-refractivity contribution in [2.45, 2.75) is 19.8 Å². The molecular formula is C21H20N2O2. The maximum atomic E-state index is 12.0. The zero-order chi connectivity index (χ0) is 17.5. The van der Waals surface area contributed by atoms with Crippen LogP contribution in [0.15, 0.2) is 67.1 Å². The van der Waals surface area contributed by atoms with E-state index in [1.54, 1.807) is 13.1 Å². The summed E-state index contributed by atoms with van der Waals surface area (Å²) in [5, 5.41) is 0. The number of rotatable bonds is 6. The van der Waals surface area contributed by atoms with Gasteiger partial charge in [0.05, 0.1) is 6.61 Å². The molecule has 0 radical (unpaired) electrons. The summed E-state index contributed by atoms with van der Waals surface area (Å²) < 4.78 is 5.06. The molecule has 0 saturated heterocycles. The van der Waals surface area contributed by atoms with Gasteiger partial charge in [0.2, 0.25) is 0 Å². The van der Waals surface area contributed by atoms with E-state index in [-0.39, 0.29) is 5.97 Å². The lowest BCUT2D eigenvalue weighted by molar-refractivity contribution is 0.0517. The highest BCUT2D eigenvalue weighted by Crippen LogP contribution is 2.20. The van der Waals surface area contributed by atoms with Gasteiger partial charge in [-0.3, -0.25) is 0 Å². The monoisotopic (exact) mass is 332 g/mol. The zero-order valence-corrected chi connectivity index (χ0v) is 14.2. The van der Waals surface area contributed by atoms with Crippen LogP contribution in [0.4, 0.5) is 0 Å². The van der Waals surface area contributed by atoms with Crippen molar-refractivity contribution in [3.8, 4) is 11.1 Å². The van der Waals surface area contributed by atoms with Crippen molar-refractivity contribution in [1.82, 2.24) is 9.97 Å². The Labute approximate surface area is 147 Å². The maximum Gasteiger partial charge on any atom is 0.357 e. The molecule has 1 heterocycles. The van der Waals surface area contributed by atoms with Crippen LogP contribution in [0, 0.1) is 0 Å². The van der Waals surface area contributed by atoms with Crippen LogP contribution < -0.4 is 0 Å². The van der Waals surface area contributed by atoms with E-state index in [2.05, 4.69) is 46.4 Å². The number of esters is 1. The van der Waals surface area contributed by atoms with Gasteiger partial charge in [-0.25, -0.2) is 14.8 Å². The zero-order valence-electron chi connectivity index (χ0n) is 14.2. The summed E-state index contributed by atoms with van der Waals surface area (Å²) in [6.07, 6.45) is 4.58. The average molecular weight is 332 g/mol. The Morgan fingerprint density at radius 3 is 2.40 bits per heavy atom. The van der Waals surface area contributed by atoms with Crippen LogP contribution in [0.25, 0.3) is 11.1 Å². The van der Waals surface area contributed by atoms with Crippen molar-refractivity contribution >= 4 is 5.97 Å². The summed E-state index contributed by atoms with van der Waals surface area (Å²) >= 11 is 0. The quantitative estimate of drug-likeness (QED) is 0.638. The van der Waals surface area contributed by atoms with Crippen molar-refractivity contribution in [1.29, 1.82) is 0 Å². The average Bonchev–Trinajstić information content (AvgIpc) is 2.68. The summed E-state index contributed by atoms with van der Waals surface area (Å²) in [6.45, 7) is 2.12. The summed E-state index contributed by atoms with van der Waals surface area (Å²) in [5.74, 6) is -0.390. The Bertz CT molecular complexity index is 830. The molecule has 0 bridgehead atoms. The molecule has 0 saturated carbocycles. The number of carbonyl (C=O) groups excluding carboxylic acids is 1. The molecule has 4 nitrogen and oxygen atoms in total. The van der Waals surface area contributed by atoms with Crippen LogP contribution in [0.1, 0.15) is 28.5 Å². The second-order valence-corrected chi connectivity index (χ2v) is 5.68. The van der Waals surface area contributed by atoms with E-state index < -0.39 is 0 Å². The number of hydrogen-bond donors (Lipinski definition) is 0. The molecule has 0 aliphatic carbocycles. The SMILES string of the molecule is CCOC(=O)c1ncncc1CCc1ccc(-c2ccccc2)cc1. The summed E-state index contributed by atoms with van der Waals surface area (Å²) in [4.78, 5) is 20.1. The van der Waals surface area contributed by atoms with Crippen molar-refractivity contribution in [3.05, 3.63) is 83.9 Å². The fraction of sp³-hybridized carbons (Fsp3) is 0.190. The smallest absolute Gasteiger partial charge is 0.357 e. The number of carbonyl (C=O) groups is 1. The maximum absolute atomic E-state index is 12.0. The Kier molecular flexibility index (Phi) is 5.52. The lowest BCUT2D eigenvalue weighted by Gasteiger charge is -2.08. The van der Waals surface area contributed by atoms with Gasteiger partial charge in [-0.15, -0.1) is 0 Å². The number of nitrogens with zero attached hydrogens (tertiary/aromatic N) is 2. The molecule has 3 aromatic rings. The van der Waals surface area contributed by atoms with Gasteiger partial charge in [-0.05, 0) is 36.5 Å². The highest BCUT2D eigenvalue weighted by atomic mass is 16.5. The molecule has 3 rings (SSSR count). The van der Waals surface area contributed by atoms with Crippen molar-refractivity contribution in [3.63, 3.8) is 0 Å². The normalized spacial score (nSPS) is 10.4. The van der Waals surface area contributed by atoms with Crippen LogP contribution >= 0.6 is 0 Å². The molecule has 1 aromatic heterocycles. The molecule has 0 spiro atoms. The molecule has 25 heavy (non-hydrogen) atoms. The van der Waals surface area contributed by atoms with Gasteiger partial charge in [0.1, 0.15) is 6.33 Å². The lowest BCUT2D eigenvalue weighted by Crippen LogP contribution is -2.11. The second kappa shape index (κ2) is 8.20. The van der Waals surface area contributed by atoms with Crippen LogP contribution in [0.2, 0.25) is 0 Å². The number of aromatic nitrogens is 2. The van der Waals surface area contributed by atoms with Gasteiger partial charge in [0.25, 0.3) is 0 Å². The van der Waals surface area contributed by atoms with Crippen LogP contribution in [-0.4, -0.2) is 22.5 Å². The number of ether oxygens (including phenoxy) is 1. The predicted molar refractivity (Wildman–Crippen MR) is 97.3 cm³/mol. The first kappa shape index (κ1) is 16.8. The first-order valence-corrected chi connectivity index (χ1v) is 8.38. The van der Waals surface area contributed by atoms with Gasteiger partial charge in [-0.1, -0.05) is 54.6 Å². The third-order valence-corrected chi connectivity index (χ3v) is 4.00. The Balaban J connectivity index is 1.69. The predicted octanol–water partition coefficient (Wildman–Crippen LogP) is 4.11. The Morgan fingerprint density at radius 2 is 1.68 bits per heavy atom. The van der Waals surface area contributed by atoms with Crippen molar-refractivity contribution in [2.75, 3.05) is 6.61 Å². The van der Waals surface area contributed by atoms with E-state index in [1.165, 1.54) is 23.0 Å². The highest BCUT2D eigenvalue weighted by Gasteiger charge is 2.14. The van der Waals surface area contributed by atoms with Gasteiger partial charge in [-0.2, -0.15) is 0 Å². The molecule has 0 aliphatic rings. The molecular weight excluding hydrogens is 312 g/mol. The summed E-state index contributed by atoms with van der Waals surface area (Å²) in [6, 6.07) is 18.8. The molecule has 4 heteroatoms. The third-order valence-electron chi connectivity index (χ3n) is 4.00. The fourth-order valence-electron chi connectivity index (χ4n) is 2.70.